The van der Waals surface area contributed by atoms with Gasteiger partial charge in [0.2, 0.25) is 5.91 Å². The van der Waals surface area contributed by atoms with Crippen molar-refractivity contribution >= 4 is 5.91 Å². The van der Waals surface area contributed by atoms with E-state index in [1.54, 1.807) is 0 Å². The van der Waals surface area contributed by atoms with E-state index in [-0.39, 0.29) is 12.5 Å². The number of aliphatic hydroxyl groups excluding tert-OH is 5. The lowest BCUT2D eigenvalue weighted by Crippen LogP contribution is -2.60. The van der Waals surface area contributed by atoms with Gasteiger partial charge in [-0.3, -0.25) is 4.79 Å². The first kappa shape index (κ1) is 42.2. The van der Waals surface area contributed by atoms with Gasteiger partial charge in [-0.2, -0.15) is 0 Å². The molecule has 1 aliphatic rings. The number of nitrogens with one attached hydrogen (secondary N) is 1. The Morgan fingerprint density at radius 3 is 1.44 bits per heavy atom. The third-order valence-corrected chi connectivity index (χ3v) is 9.25. The van der Waals surface area contributed by atoms with Gasteiger partial charge in [-0.1, -0.05) is 155 Å². The van der Waals surface area contributed by atoms with Crippen molar-refractivity contribution in [1.29, 1.82) is 0 Å². The van der Waals surface area contributed by atoms with Crippen LogP contribution in [0.3, 0.4) is 0 Å². The van der Waals surface area contributed by atoms with Crippen molar-refractivity contribution in [1.82, 2.24) is 5.32 Å². The van der Waals surface area contributed by atoms with Crippen LogP contribution < -0.4 is 5.32 Å². The molecule has 9 nitrogen and oxygen atoms in total. The fourth-order valence-corrected chi connectivity index (χ4v) is 6.25. The van der Waals surface area contributed by atoms with E-state index in [4.69, 9.17) is 9.47 Å². The van der Waals surface area contributed by atoms with E-state index < -0.39 is 49.5 Å². The standard InChI is InChI=1S/C36H71NO8/c1-3-4-5-6-7-8-9-10-11-12-13-14-15-16-17-18-19-20-21-22-23-24-25-26-31(40)30(37-29(2)39)28-44-36-35(43)34(42)33(41)32(27-38)45-36/h30-36,38,40-43H,3-28H2,1-2H3,(H,37,39). The predicted octanol–water partition coefficient (Wildman–Crippen LogP) is 6.05. The molecular formula is C36H71NO8. The summed E-state index contributed by atoms with van der Waals surface area (Å²) >= 11 is 0. The van der Waals surface area contributed by atoms with E-state index in [1.165, 1.54) is 135 Å². The molecule has 1 aliphatic heterocycles. The summed E-state index contributed by atoms with van der Waals surface area (Å²) in [5.74, 6) is -0.319. The summed E-state index contributed by atoms with van der Waals surface area (Å²) in [5, 5.41) is 52.7. The second-order valence-electron chi connectivity index (χ2n) is 13.5. The minimum absolute atomic E-state index is 0.150. The van der Waals surface area contributed by atoms with Crippen molar-refractivity contribution in [2.24, 2.45) is 0 Å². The van der Waals surface area contributed by atoms with Crippen LogP contribution in [0.1, 0.15) is 168 Å². The Labute approximate surface area is 274 Å². The molecule has 0 aromatic rings. The van der Waals surface area contributed by atoms with Gasteiger partial charge in [-0.25, -0.2) is 0 Å². The Kier molecular flexibility index (Phi) is 26.5. The minimum atomic E-state index is -1.54. The van der Waals surface area contributed by atoms with Crippen LogP contribution in [0.4, 0.5) is 0 Å². The van der Waals surface area contributed by atoms with Crippen molar-refractivity contribution in [3.8, 4) is 0 Å². The molecular weight excluding hydrogens is 574 g/mol. The number of ether oxygens (including phenoxy) is 2. The van der Waals surface area contributed by atoms with Gasteiger partial charge < -0.3 is 40.3 Å². The first-order valence-electron chi connectivity index (χ1n) is 18.7. The van der Waals surface area contributed by atoms with Gasteiger partial charge in [0.1, 0.15) is 24.4 Å². The van der Waals surface area contributed by atoms with E-state index in [9.17, 15) is 30.3 Å². The molecule has 1 amide bonds. The summed E-state index contributed by atoms with van der Waals surface area (Å²) in [7, 11) is 0. The molecule has 268 valence electrons. The van der Waals surface area contributed by atoms with Crippen LogP contribution in [-0.4, -0.2) is 87.5 Å². The molecule has 1 saturated heterocycles. The quantitative estimate of drug-likeness (QED) is 0.0517. The summed E-state index contributed by atoms with van der Waals surface area (Å²) in [6, 6.07) is -0.713. The highest BCUT2D eigenvalue weighted by Gasteiger charge is 2.44. The third kappa shape index (κ3) is 20.9. The summed E-state index contributed by atoms with van der Waals surface area (Å²) < 4.78 is 10.9. The molecule has 6 N–H and O–H groups in total. The number of amides is 1. The molecule has 0 aromatic carbocycles. The number of carbonyl (C=O) groups excluding carboxylic acids is 1. The zero-order chi connectivity index (χ0) is 33.1. The third-order valence-electron chi connectivity index (χ3n) is 9.25. The molecule has 1 fully saturated rings. The lowest BCUT2D eigenvalue weighted by atomic mass is 9.99. The van der Waals surface area contributed by atoms with Gasteiger partial charge in [0.15, 0.2) is 6.29 Å². The lowest BCUT2D eigenvalue weighted by Gasteiger charge is -2.40. The minimum Gasteiger partial charge on any atom is -0.394 e. The zero-order valence-corrected chi connectivity index (χ0v) is 28.9. The molecule has 1 heterocycles. The molecule has 0 spiro atoms. The second-order valence-corrected chi connectivity index (χ2v) is 13.5. The van der Waals surface area contributed by atoms with E-state index >= 15 is 0 Å². The Morgan fingerprint density at radius 1 is 0.667 bits per heavy atom. The maximum Gasteiger partial charge on any atom is 0.217 e. The largest absolute Gasteiger partial charge is 0.394 e. The highest BCUT2D eigenvalue weighted by atomic mass is 16.7. The smallest absolute Gasteiger partial charge is 0.217 e. The van der Waals surface area contributed by atoms with Crippen molar-refractivity contribution in [3.63, 3.8) is 0 Å². The van der Waals surface area contributed by atoms with Crippen LogP contribution in [0.5, 0.6) is 0 Å². The Bertz CT molecular complexity index is 681. The summed E-state index contributed by atoms with van der Waals surface area (Å²) in [6.45, 7) is 2.93. The zero-order valence-electron chi connectivity index (χ0n) is 28.9. The number of aliphatic hydroxyl groups is 5. The Balaban J connectivity index is 1.98. The SMILES string of the molecule is CCCCCCCCCCCCCCCCCCCCCCCCCC(O)C(COC1OC(CO)C(O)C(O)C1O)NC(C)=O. The van der Waals surface area contributed by atoms with Crippen LogP contribution in [-0.2, 0) is 14.3 Å². The second kappa shape index (κ2) is 28.2. The van der Waals surface area contributed by atoms with Gasteiger partial charge in [0.25, 0.3) is 0 Å². The Hall–Kier alpha value is -0.810. The molecule has 0 aromatic heterocycles. The maximum atomic E-state index is 11.7. The highest BCUT2D eigenvalue weighted by Crippen LogP contribution is 2.23. The number of hydrogen-bond donors (Lipinski definition) is 6. The molecule has 0 radical (unpaired) electrons. The first-order chi connectivity index (χ1) is 21.8. The number of hydrogen-bond acceptors (Lipinski definition) is 8. The number of unbranched alkanes of at least 4 members (excludes halogenated alkanes) is 22. The fraction of sp³-hybridized carbons (Fsp3) is 0.972. The normalized spacial score (nSPS) is 23.2. The molecule has 9 heteroatoms. The van der Waals surface area contributed by atoms with Crippen LogP contribution >= 0.6 is 0 Å². The Morgan fingerprint density at radius 2 is 1.07 bits per heavy atom. The highest BCUT2D eigenvalue weighted by molar-refractivity contribution is 5.73. The van der Waals surface area contributed by atoms with Crippen LogP contribution in [0, 0.1) is 0 Å². The molecule has 0 aliphatic carbocycles. The first-order valence-corrected chi connectivity index (χ1v) is 18.7. The van der Waals surface area contributed by atoms with Gasteiger partial charge in [-0.05, 0) is 6.42 Å². The maximum absolute atomic E-state index is 11.7. The van der Waals surface area contributed by atoms with E-state index in [0.29, 0.717) is 6.42 Å². The summed E-state index contributed by atoms with van der Waals surface area (Å²) in [6.07, 6.45) is 23.3. The van der Waals surface area contributed by atoms with Crippen molar-refractivity contribution in [2.45, 2.75) is 211 Å². The molecule has 7 unspecified atom stereocenters. The van der Waals surface area contributed by atoms with Gasteiger partial charge in [-0.15, -0.1) is 0 Å². The molecule has 7 atom stereocenters. The summed E-state index contributed by atoms with van der Waals surface area (Å²) in [4.78, 5) is 11.7. The number of carbonyl (C=O) groups is 1. The van der Waals surface area contributed by atoms with E-state index in [0.717, 1.165) is 19.3 Å². The van der Waals surface area contributed by atoms with Crippen LogP contribution in [0.2, 0.25) is 0 Å². The topological polar surface area (TPSA) is 149 Å². The van der Waals surface area contributed by atoms with Crippen molar-refractivity contribution in [2.75, 3.05) is 13.2 Å². The van der Waals surface area contributed by atoms with E-state index in [2.05, 4.69) is 12.2 Å². The lowest BCUT2D eigenvalue weighted by molar-refractivity contribution is -0.302. The average Bonchev–Trinajstić information content (AvgIpc) is 3.02. The van der Waals surface area contributed by atoms with E-state index in [1.807, 2.05) is 0 Å². The molecule has 0 saturated carbocycles. The van der Waals surface area contributed by atoms with Gasteiger partial charge in [0, 0.05) is 6.92 Å². The van der Waals surface area contributed by atoms with Crippen molar-refractivity contribution in [3.05, 3.63) is 0 Å². The molecule has 0 bridgehead atoms. The average molecular weight is 646 g/mol. The van der Waals surface area contributed by atoms with Gasteiger partial charge in [0.05, 0.1) is 25.4 Å². The fourth-order valence-electron chi connectivity index (χ4n) is 6.25. The van der Waals surface area contributed by atoms with Crippen molar-refractivity contribution < 1.29 is 39.8 Å². The monoisotopic (exact) mass is 646 g/mol. The van der Waals surface area contributed by atoms with Crippen LogP contribution in [0.15, 0.2) is 0 Å². The molecule has 1 rings (SSSR count). The van der Waals surface area contributed by atoms with Gasteiger partial charge >= 0.3 is 0 Å². The molecule has 45 heavy (non-hydrogen) atoms. The summed E-state index contributed by atoms with van der Waals surface area (Å²) in [5.41, 5.74) is 0. The van der Waals surface area contributed by atoms with Crippen LogP contribution in [0.25, 0.3) is 0 Å². The predicted molar refractivity (Wildman–Crippen MR) is 180 cm³/mol. The number of rotatable bonds is 30.